The Balaban J connectivity index is 1.55. The molecule has 0 bridgehead atoms. The van der Waals surface area contributed by atoms with Crippen LogP contribution >= 0.6 is 0 Å². The Hall–Kier alpha value is -4.15. The third kappa shape index (κ3) is 5.91. The first-order valence-corrected chi connectivity index (χ1v) is 12.1. The number of nitrogens with one attached hydrogen (secondary N) is 1. The topological polar surface area (TPSA) is 108 Å². The molecule has 3 aromatic rings. The first-order chi connectivity index (χ1) is 17.5. The van der Waals surface area contributed by atoms with Gasteiger partial charge >= 0.3 is 0 Å². The Labute approximate surface area is 211 Å². The average Bonchev–Trinajstić information content (AvgIpc) is 2.92. The van der Waals surface area contributed by atoms with E-state index in [1.165, 1.54) is 0 Å². The van der Waals surface area contributed by atoms with Gasteiger partial charge in [-0.15, -0.1) is 0 Å². The van der Waals surface area contributed by atoms with E-state index in [1.54, 1.807) is 55.6 Å². The summed E-state index contributed by atoms with van der Waals surface area (Å²) in [5.74, 6) is 0.339. The molecule has 0 radical (unpaired) electrons. The van der Waals surface area contributed by atoms with E-state index in [0.717, 1.165) is 31.2 Å². The molecule has 7 nitrogen and oxygen atoms in total. The molecule has 1 fully saturated rings. The zero-order valence-electron chi connectivity index (χ0n) is 20.3. The molecular weight excluding hydrogens is 452 g/mol. The molecule has 4 rings (SSSR count). The van der Waals surface area contributed by atoms with Crippen LogP contribution in [0.5, 0.6) is 5.75 Å². The highest BCUT2D eigenvalue weighted by Crippen LogP contribution is 2.26. The van der Waals surface area contributed by atoms with Gasteiger partial charge in [0.05, 0.1) is 18.7 Å². The van der Waals surface area contributed by atoms with E-state index in [-0.39, 0.29) is 23.9 Å². The van der Waals surface area contributed by atoms with Gasteiger partial charge in [-0.1, -0.05) is 25.0 Å². The minimum atomic E-state index is -0.227. The Morgan fingerprint density at radius 3 is 2.39 bits per heavy atom. The number of hydrogen-bond acceptors (Lipinski definition) is 5. The molecule has 3 aromatic carbocycles. The minimum Gasteiger partial charge on any atom is -0.497 e. The molecule has 0 spiro atoms. The van der Waals surface area contributed by atoms with Crippen molar-refractivity contribution in [1.82, 2.24) is 4.90 Å². The van der Waals surface area contributed by atoms with Crippen LogP contribution in [0.1, 0.15) is 57.5 Å². The van der Waals surface area contributed by atoms with Crippen LogP contribution in [-0.4, -0.2) is 35.9 Å². The minimum absolute atomic E-state index is 0.0839. The lowest BCUT2D eigenvalue weighted by Gasteiger charge is -2.38. The SMILES string of the molecule is COc1ccc(C(=O)Nc2cccc(CN(C(=O)c3ccc(C#N)cc3)C3CCCCC3N)c2)cc1. The number of benzene rings is 3. The fourth-order valence-electron chi connectivity index (χ4n) is 4.61. The highest BCUT2D eigenvalue weighted by molar-refractivity contribution is 6.04. The number of carbonyl (C=O) groups is 2. The van der Waals surface area contributed by atoms with Crippen molar-refractivity contribution in [2.75, 3.05) is 12.4 Å². The highest BCUT2D eigenvalue weighted by atomic mass is 16.5. The second-order valence-corrected chi connectivity index (χ2v) is 9.02. The van der Waals surface area contributed by atoms with Gasteiger partial charge in [0, 0.05) is 35.4 Å². The monoisotopic (exact) mass is 482 g/mol. The first-order valence-electron chi connectivity index (χ1n) is 12.1. The molecule has 3 N–H and O–H groups in total. The van der Waals surface area contributed by atoms with E-state index in [1.807, 2.05) is 29.2 Å². The summed E-state index contributed by atoms with van der Waals surface area (Å²) in [5.41, 5.74) is 9.56. The summed E-state index contributed by atoms with van der Waals surface area (Å²) in [6.07, 6.45) is 3.80. The fraction of sp³-hybridized carbons (Fsp3) is 0.276. The number of rotatable bonds is 7. The zero-order valence-corrected chi connectivity index (χ0v) is 20.3. The van der Waals surface area contributed by atoms with E-state index in [2.05, 4.69) is 11.4 Å². The Bertz CT molecular complexity index is 1250. The van der Waals surface area contributed by atoms with Gasteiger partial charge in [-0.05, 0) is 79.1 Å². The molecule has 7 heteroatoms. The third-order valence-corrected chi connectivity index (χ3v) is 6.59. The Morgan fingerprint density at radius 2 is 1.72 bits per heavy atom. The molecule has 184 valence electrons. The smallest absolute Gasteiger partial charge is 0.255 e. The van der Waals surface area contributed by atoms with Crippen LogP contribution in [0.2, 0.25) is 0 Å². The van der Waals surface area contributed by atoms with Crippen molar-refractivity contribution < 1.29 is 14.3 Å². The Kier molecular flexibility index (Phi) is 7.99. The molecule has 1 aliphatic carbocycles. The van der Waals surface area contributed by atoms with E-state index >= 15 is 0 Å². The lowest BCUT2D eigenvalue weighted by molar-refractivity contribution is 0.0583. The van der Waals surface area contributed by atoms with Gasteiger partial charge in [0.25, 0.3) is 11.8 Å². The molecule has 0 heterocycles. The van der Waals surface area contributed by atoms with Crippen molar-refractivity contribution in [3.63, 3.8) is 0 Å². The summed E-state index contributed by atoms with van der Waals surface area (Å²) in [4.78, 5) is 28.2. The van der Waals surface area contributed by atoms with Crippen molar-refractivity contribution in [2.45, 2.75) is 44.3 Å². The number of nitrogens with two attached hydrogens (primary N) is 1. The zero-order chi connectivity index (χ0) is 25.5. The Morgan fingerprint density at radius 1 is 1.03 bits per heavy atom. The quantitative estimate of drug-likeness (QED) is 0.506. The summed E-state index contributed by atoms with van der Waals surface area (Å²) in [7, 11) is 1.58. The van der Waals surface area contributed by atoms with E-state index in [9.17, 15) is 9.59 Å². The number of amides is 2. The number of nitrogens with zero attached hydrogens (tertiary/aromatic N) is 2. The van der Waals surface area contributed by atoms with Crippen LogP contribution in [0.3, 0.4) is 0 Å². The maximum atomic E-state index is 13.6. The molecule has 2 amide bonds. The summed E-state index contributed by atoms with van der Waals surface area (Å²) < 4.78 is 5.15. The van der Waals surface area contributed by atoms with Gasteiger partial charge in [0.2, 0.25) is 0 Å². The van der Waals surface area contributed by atoms with Gasteiger partial charge < -0.3 is 20.7 Å². The predicted octanol–water partition coefficient (Wildman–Crippen LogP) is 4.73. The average molecular weight is 483 g/mol. The number of hydrogen-bond donors (Lipinski definition) is 2. The van der Waals surface area contributed by atoms with E-state index < -0.39 is 0 Å². The molecule has 1 saturated carbocycles. The van der Waals surface area contributed by atoms with Gasteiger partial charge in [-0.25, -0.2) is 0 Å². The van der Waals surface area contributed by atoms with Gasteiger partial charge in [0.1, 0.15) is 5.75 Å². The molecule has 0 aromatic heterocycles. The van der Waals surface area contributed by atoms with Crippen LogP contribution < -0.4 is 15.8 Å². The summed E-state index contributed by atoms with van der Waals surface area (Å²) >= 11 is 0. The van der Waals surface area contributed by atoms with Gasteiger partial charge in [-0.2, -0.15) is 5.26 Å². The third-order valence-electron chi connectivity index (χ3n) is 6.59. The van der Waals surface area contributed by atoms with Crippen molar-refractivity contribution in [3.8, 4) is 11.8 Å². The van der Waals surface area contributed by atoms with Crippen LogP contribution in [-0.2, 0) is 6.54 Å². The highest BCUT2D eigenvalue weighted by Gasteiger charge is 2.31. The number of ether oxygens (including phenoxy) is 1. The first kappa shape index (κ1) is 25.0. The fourth-order valence-corrected chi connectivity index (χ4v) is 4.61. The normalized spacial score (nSPS) is 17.0. The van der Waals surface area contributed by atoms with Crippen LogP contribution in [0, 0.1) is 11.3 Å². The lowest BCUT2D eigenvalue weighted by Crippen LogP contribution is -2.51. The number of carbonyl (C=O) groups excluding carboxylic acids is 2. The maximum absolute atomic E-state index is 13.6. The summed E-state index contributed by atoms with van der Waals surface area (Å²) in [6, 6.07) is 23.0. The lowest BCUT2D eigenvalue weighted by atomic mass is 9.89. The predicted molar refractivity (Wildman–Crippen MR) is 139 cm³/mol. The second-order valence-electron chi connectivity index (χ2n) is 9.02. The molecule has 2 unspecified atom stereocenters. The van der Waals surface area contributed by atoms with Gasteiger partial charge in [0.15, 0.2) is 0 Å². The second kappa shape index (κ2) is 11.5. The molecule has 2 atom stereocenters. The van der Waals surface area contributed by atoms with Crippen molar-refractivity contribution in [2.24, 2.45) is 5.73 Å². The van der Waals surface area contributed by atoms with E-state index in [4.69, 9.17) is 15.7 Å². The van der Waals surface area contributed by atoms with E-state index in [0.29, 0.717) is 34.7 Å². The number of nitriles is 1. The summed E-state index contributed by atoms with van der Waals surface area (Å²) in [5, 5.41) is 12.0. The molecular formula is C29H30N4O3. The largest absolute Gasteiger partial charge is 0.497 e. The molecule has 36 heavy (non-hydrogen) atoms. The number of methoxy groups -OCH3 is 1. The maximum Gasteiger partial charge on any atom is 0.255 e. The molecule has 0 saturated heterocycles. The van der Waals surface area contributed by atoms with Crippen LogP contribution in [0.15, 0.2) is 72.8 Å². The van der Waals surface area contributed by atoms with Crippen molar-refractivity contribution in [1.29, 1.82) is 5.26 Å². The van der Waals surface area contributed by atoms with Crippen LogP contribution in [0.4, 0.5) is 5.69 Å². The van der Waals surface area contributed by atoms with Crippen molar-refractivity contribution >= 4 is 17.5 Å². The van der Waals surface area contributed by atoms with Crippen LogP contribution in [0.25, 0.3) is 0 Å². The molecule has 1 aliphatic rings. The van der Waals surface area contributed by atoms with Crippen molar-refractivity contribution in [3.05, 3.63) is 95.1 Å². The standard InChI is InChI=1S/C29H30N4O3/c1-36-25-15-13-22(14-16-25)28(34)32-24-6-4-5-21(17-24)19-33(27-8-3-2-7-26(27)31)29(35)23-11-9-20(18-30)10-12-23/h4-6,9-17,26-27H,2-3,7-8,19,31H2,1H3,(H,32,34). The van der Waals surface area contributed by atoms with Gasteiger partial charge in [-0.3, -0.25) is 9.59 Å². The number of anilines is 1. The molecule has 0 aliphatic heterocycles. The summed E-state index contributed by atoms with van der Waals surface area (Å²) in [6.45, 7) is 0.365.